The molecular formula is C21H15F4IN6O. The summed E-state index contributed by atoms with van der Waals surface area (Å²) in [6.45, 7) is -0.916. The molecule has 7 nitrogen and oxygen atoms in total. The molecule has 0 saturated carbocycles. The average molecular weight is 570 g/mol. The minimum Gasteiger partial charge on any atom is -0.377 e. The van der Waals surface area contributed by atoms with Gasteiger partial charge in [-0.3, -0.25) is 9.97 Å². The van der Waals surface area contributed by atoms with Crippen LogP contribution in [0.4, 0.5) is 17.6 Å². The smallest absolute Gasteiger partial charge is 0.323 e. The third-order valence-electron chi connectivity index (χ3n) is 5.06. The highest BCUT2D eigenvalue weighted by atomic mass is 127. The van der Waals surface area contributed by atoms with Crippen LogP contribution in [-0.4, -0.2) is 35.3 Å². The molecule has 3 heterocycles. The van der Waals surface area contributed by atoms with Crippen molar-refractivity contribution >= 4 is 22.6 Å². The molecule has 0 bridgehead atoms. The molecule has 3 aromatic heterocycles. The van der Waals surface area contributed by atoms with E-state index in [1.54, 1.807) is 12.3 Å². The second kappa shape index (κ2) is 9.09. The Balaban J connectivity index is 1.75. The summed E-state index contributed by atoms with van der Waals surface area (Å²) in [5, 5.41) is 21.4. The number of hydrogen-bond acceptors (Lipinski definition) is 6. The van der Waals surface area contributed by atoms with Gasteiger partial charge in [0, 0.05) is 39.6 Å². The fourth-order valence-electron chi connectivity index (χ4n) is 3.30. The minimum atomic E-state index is -4.11. The van der Waals surface area contributed by atoms with E-state index in [4.69, 9.17) is 0 Å². The van der Waals surface area contributed by atoms with E-state index in [0.29, 0.717) is 17.2 Å². The molecule has 4 rings (SSSR count). The van der Waals surface area contributed by atoms with Crippen molar-refractivity contribution in [2.75, 3.05) is 0 Å². The van der Waals surface area contributed by atoms with Crippen molar-refractivity contribution in [3.05, 3.63) is 89.8 Å². The van der Waals surface area contributed by atoms with Crippen LogP contribution in [0.5, 0.6) is 0 Å². The third kappa shape index (κ3) is 4.44. The van der Waals surface area contributed by atoms with Gasteiger partial charge in [0.2, 0.25) is 0 Å². The van der Waals surface area contributed by atoms with E-state index in [1.807, 2.05) is 6.07 Å². The standard InChI is InChI=1S/C21H15F4IN6O/c22-15-3-5-17(18(23)7-15)20(33,11-32-12-29-30-31-32)21(24,25)19-6-2-14(10-28-19)13-1-4-16(8-26)27-9-13/h1-7,9-10,12,33H,8,11H2. The van der Waals surface area contributed by atoms with Gasteiger partial charge >= 0.3 is 5.92 Å². The Hall–Kier alpha value is -3.00. The van der Waals surface area contributed by atoms with Gasteiger partial charge < -0.3 is 5.11 Å². The second-order valence-corrected chi connectivity index (χ2v) is 7.93. The number of tetrazole rings is 1. The highest BCUT2D eigenvalue weighted by Gasteiger charge is 2.58. The van der Waals surface area contributed by atoms with Gasteiger partial charge in [0.25, 0.3) is 0 Å². The fourth-order valence-corrected chi connectivity index (χ4v) is 3.75. The number of aromatic nitrogens is 6. The number of benzene rings is 1. The van der Waals surface area contributed by atoms with Crippen LogP contribution in [0.15, 0.2) is 61.2 Å². The number of aliphatic hydroxyl groups is 1. The van der Waals surface area contributed by atoms with Crippen LogP contribution in [0.3, 0.4) is 0 Å². The van der Waals surface area contributed by atoms with Crippen molar-refractivity contribution < 1.29 is 22.7 Å². The Morgan fingerprint density at radius 2 is 1.70 bits per heavy atom. The van der Waals surface area contributed by atoms with Crippen LogP contribution in [0.1, 0.15) is 17.0 Å². The molecule has 0 aliphatic heterocycles. The maximum atomic E-state index is 15.7. The topological polar surface area (TPSA) is 89.6 Å². The quantitative estimate of drug-likeness (QED) is 0.205. The lowest BCUT2D eigenvalue weighted by molar-refractivity contribution is -0.207. The van der Waals surface area contributed by atoms with Crippen molar-refractivity contribution in [3.63, 3.8) is 0 Å². The largest absolute Gasteiger partial charge is 0.377 e. The monoisotopic (exact) mass is 570 g/mol. The number of rotatable bonds is 7. The van der Waals surface area contributed by atoms with Crippen LogP contribution in [0.2, 0.25) is 0 Å². The molecule has 1 unspecified atom stereocenters. The first-order valence-corrected chi connectivity index (χ1v) is 11.0. The van der Waals surface area contributed by atoms with E-state index in [0.717, 1.165) is 39.3 Å². The van der Waals surface area contributed by atoms with Gasteiger partial charge in [0.15, 0.2) is 5.60 Å². The number of alkyl halides is 3. The van der Waals surface area contributed by atoms with Gasteiger partial charge in [-0.15, -0.1) is 5.10 Å². The maximum absolute atomic E-state index is 15.7. The number of hydrogen-bond donors (Lipinski definition) is 1. The van der Waals surface area contributed by atoms with Gasteiger partial charge in [-0.25, -0.2) is 13.5 Å². The van der Waals surface area contributed by atoms with E-state index < -0.39 is 41.0 Å². The van der Waals surface area contributed by atoms with Gasteiger partial charge in [-0.2, -0.15) is 8.78 Å². The minimum absolute atomic E-state index is 0.416. The van der Waals surface area contributed by atoms with E-state index >= 15 is 8.78 Å². The summed E-state index contributed by atoms with van der Waals surface area (Å²) in [4.78, 5) is 8.11. The summed E-state index contributed by atoms with van der Waals surface area (Å²) < 4.78 is 61.0. The summed E-state index contributed by atoms with van der Waals surface area (Å²) in [5.41, 5.74) is -2.77. The van der Waals surface area contributed by atoms with Crippen molar-refractivity contribution in [2.45, 2.75) is 22.5 Å². The highest BCUT2D eigenvalue weighted by Crippen LogP contribution is 2.46. The Bertz CT molecular complexity index is 1240. The molecule has 1 atom stereocenters. The highest BCUT2D eigenvalue weighted by molar-refractivity contribution is 14.1. The molecule has 0 saturated heterocycles. The zero-order valence-electron chi connectivity index (χ0n) is 16.7. The molecule has 0 aliphatic rings. The molecule has 0 spiro atoms. The van der Waals surface area contributed by atoms with E-state index in [9.17, 15) is 13.9 Å². The average Bonchev–Trinajstić information content (AvgIpc) is 3.32. The maximum Gasteiger partial charge on any atom is 0.323 e. The first-order valence-electron chi connectivity index (χ1n) is 9.49. The fraction of sp³-hybridized carbons (Fsp3) is 0.190. The Morgan fingerprint density at radius 1 is 0.970 bits per heavy atom. The summed E-state index contributed by atoms with van der Waals surface area (Å²) in [7, 11) is 0. The number of nitrogens with zero attached hydrogens (tertiary/aromatic N) is 6. The van der Waals surface area contributed by atoms with Crippen molar-refractivity contribution in [1.29, 1.82) is 0 Å². The van der Waals surface area contributed by atoms with Crippen molar-refractivity contribution in [3.8, 4) is 11.1 Å². The molecule has 4 aromatic rings. The first kappa shape index (κ1) is 23.2. The molecule has 0 fully saturated rings. The van der Waals surface area contributed by atoms with E-state index in [1.165, 1.54) is 12.3 Å². The van der Waals surface area contributed by atoms with E-state index in [2.05, 4.69) is 48.1 Å². The molecule has 1 aromatic carbocycles. The third-order valence-corrected chi connectivity index (χ3v) is 5.84. The SMILES string of the molecule is OC(Cn1cnnn1)(c1ccc(F)cc1F)C(F)(F)c1ccc(-c2ccc(CI)nc2)cn1. The van der Waals surface area contributed by atoms with Crippen molar-refractivity contribution in [1.82, 2.24) is 30.2 Å². The van der Waals surface area contributed by atoms with Gasteiger partial charge in [-0.1, -0.05) is 34.7 Å². The molecule has 12 heteroatoms. The predicted octanol–water partition coefficient (Wildman–Crippen LogP) is 4.02. The van der Waals surface area contributed by atoms with Gasteiger partial charge in [0.1, 0.15) is 23.7 Å². The summed E-state index contributed by atoms with van der Waals surface area (Å²) in [6.07, 6.45) is 3.80. The summed E-state index contributed by atoms with van der Waals surface area (Å²) in [5.74, 6) is -6.43. The van der Waals surface area contributed by atoms with E-state index in [-0.39, 0.29) is 0 Å². The van der Waals surface area contributed by atoms with Crippen LogP contribution < -0.4 is 0 Å². The Kier molecular flexibility index (Phi) is 6.38. The Morgan fingerprint density at radius 3 is 2.24 bits per heavy atom. The lowest BCUT2D eigenvalue weighted by atomic mass is 9.84. The summed E-state index contributed by atoms with van der Waals surface area (Å²) in [6, 6.07) is 7.99. The normalized spacial score (nSPS) is 13.6. The van der Waals surface area contributed by atoms with Crippen LogP contribution >= 0.6 is 22.6 Å². The van der Waals surface area contributed by atoms with Gasteiger partial charge in [0.05, 0.1) is 12.2 Å². The lowest BCUT2D eigenvalue weighted by Gasteiger charge is -2.35. The van der Waals surface area contributed by atoms with Crippen LogP contribution in [0.25, 0.3) is 11.1 Å². The molecular weight excluding hydrogens is 555 g/mol. The van der Waals surface area contributed by atoms with Crippen LogP contribution in [-0.2, 0) is 22.5 Å². The zero-order chi connectivity index (χ0) is 23.6. The zero-order valence-corrected chi connectivity index (χ0v) is 18.9. The Labute approximate surface area is 198 Å². The van der Waals surface area contributed by atoms with Crippen molar-refractivity contribution in [2.24, 2.45) is 0 Å². The molecule has 0 radical (unpaired) electrons. The van der Waals surface area contributed by atoms with Crippen LogP contribution in [0, 0.1) is 11.6 Å². The predicted molar refractivity (Wildman–Crippen MR) is 117 cm³/mol. The lowest BCUT2D eigenvalue weighted by Crippen LogP contribution is -2.48. The van der Waals surface area contributed by atoms with Gasteiger partial charge in [-0.05, 0) is 34.7 Å². The number of pyridine rings is 2. The molecule has 170 valence electrons. The molecule has 0 amide bonds. The first-order chi connectivity index (χ1) is 15.7. The molecule has 0 aliphatic carbocycles. The molecule has 1 N–H and O–H groups in total. The second-order valence-electron chi connectivity index (χ2n) is 7.17. The summed E-state index contributed by atoms with van der Waals surface area (Å²) >= 11 is 2.17. The number of halogens is 5. The molecule has 33 heavy (non-hydrogen) atoms.